The molecule has 0 spiro atoms. The Morgan fingerprint density at radius 2 is 1.80 bits per heavy atom. The fourth-order valence-corrected chi connectivity index (χ4v) is 2.85. The number of nitrogens with zero attached hydrogens (tertiary/aromatic N) is 2. The Balaban J connectivity index is 2.13. The van der Waals surface area contributed by atoms with Crippen molar-refractivity contribution in [3.63, 3.8) is 0 Å². The van der Waals surface area contributed by atoms with Gasteiger partial charge in [-0.3, -0.25) is 4.90 Å². The topological polar surface area (TPSA) is 32.5 Å². The average molecular weight is 279 g/mol. The SMILES string of the molecule is CC(N)Cc1cc(F)ccc1N1CCN(C(C)C)CC1. The third kappa shape index (κ3) is 3.70. The van der Waals surface area contributed by atoms with Gasteiger partial charge in [0.05, 0.1) is 0 Å². The Morgan fingerprint density at radius 3 is 2.35 bits per heavy atom. The minimum Gasteiger partial charge on any atom is -0.369 e. The molecule has 1 aliphatic heterocycles. The zero-order chi connectivity index (χ0) is 14.7. The van der Waals surface area contributed by atoms with Crippen molar-refractivity contribution in [3.8, 4) is 0 Å². The molecule has 0 radical (unpaired) electrons. The molecule has 1 heterocycles. The molecule has 1 unspecified atom stereocenters. The first-order chi connectivity index (χ1) is 9.47. The Kier molecular flexibility index (Phi) is 5.00. The molecule has 0 amide bonds. The van der Waals surface area contributed by atoms with Gasteiger partial charge in [0.25, 0.3) is 0 Å². The van der Waals surface area contributed by atoms with E-state index in [0.29, 0.717) is 6.04 Å². The van der Waals surface area contributed by atoms with E-state index in [0.717, 1.165) is 43.9 Å². The molecule has 1 fully saturated rings. The number of piperazine rings is 1. The number of benzene rings is 1. The second-order valence-electron chi connectivity index (χ2n) is 6.07. The molecule has 1 atom stereocenters. The largest absolute Gasteiger partial charge is 0.369 e. The van der Waals surface area contributed by atoms with E-state index in [1.165, 1.54) is 0 Å². The average Bonchev–Trinajstić information content (AvgIpc) is 2.38. The normalized spacial score (nSPS) is 18.6. The number of anilines is 1. The Labute approximate surface area is 121 Å². The van der Waals surface area contributed by atoms with Crippen molar-refractivity contribution >= 4 is 5.69 Å². The van der Waals surface area contributed by atoms with Gasteiger partial charge in [-0.25, -0.2) is 4.39 Å². The van der Waals surface area contributed by atoms with Gasteiger partial charge >= 0.3 is 0 Å². The maximum absolute atomic E-state index is 13.5. The Morgan fingerprint density at radius 1 is 1.15 bits per heavy atom. The summed E-state index contributed by atoms with van der Waals surface area (Å²) in [6, 6.07) is 5.72. The third-order valence-electron chi connectivity index (χ3n) is 3.97. The molecule has 0 saturated carbocycles. The van der Waals surface area contributed by atoms with Gasteiger partial charge in [-0.1, -0.05) is 0 Å². The van der Waals surface area contributed by atoms with Gasteiger partial charge in [-0.15, -0.1) is 0 Å². The highest BCUT2D eigenvalue weighted by Crippen LogP contribution is 2.24. The summed E-state index contributed by atoms with van der Waals surface area (Å²) in [4.78, 5) is 4.83. The maximum Gasteiger partial charge on any atom is 0.123 e. The van der Waals surface area contributed by atoms with Gasteiger partial charge in [0.2, 0.25) is 0 Å². The van der Waals surface area contributed by atoms with Gasteiger partial charge in [-0.05, 0) is 51.0 Å². The summed E-state index contributed by atoms with van der Waals surface area (Å²) in [5, 5.41) is 0. The molecular formula is C16H26FN3. The monoisotopic (exact) mass is 279 g/mol. The molecule has 112 valence electrons. The van der Waals surface area contributed by atoms with E-state index in [4.69, 9.17) is 5.73 Å². The summed E-state index contributed by atoms with van der Waals surface area (Å²) in [5.74, 6) is -0.176. The second kappa shape index (κ2) is 6.55. The first kappa shape index (κ1) is 15.3. The molecule has 0 aliphatic carbocycles. The van der Waals surface area contributed by atoms with Crippen molar-refractivity contribution < 1.29 is 4.39 Å². The summed E-state index contributed by atoms with van der Waals surface area (Å²) >= 11 is 0. The maximum atomic E-state index is 13.5. The van der Waals surface area contributed by atoms with Crippen molar-refractivity contribution in [1.82, 2.24) is 4.90 Å². The molecule has 1 aromatic carbocycles. The summed E-state index contributed by atoms with van der Waals surface area (Å²) in [6.07, 6.45) is 0.720. The van der Waals surface area contributed by atoms with Crippen LogP contribution in [-0.4, -0.2) is 43.2 Å². The quantitative estimate of drug-likeness (QED) is 0.917. The van der Waals surface area contributed by atoms with Crippen LogP contribution < -0.4 is 10.6 Å². The van der Waals surface area contributed by atoms with Gasteiger partial charge in [0, 0.05) is 44.0 Å². The van der Waals surface area contributed by atoms with Crippen LogP contribution in [0.5, 0.6) is 0 Å². The van der Waals surface area contributed by atoms with E-state index in [1.54, 1.807) is 12.1 Å². The van der Waals surface area contributed by atoms with Crippen molar-refractivity contribution in [1.29, 1.82) is 0 Å². The number of halogens is 1. The Hall–Kier alpha value is -1.13. The van der Waals surface area contributed by atoms with Crippen LogP contribution in [0.2, 0.25) is 0 Å². The lowest BCUT2D eigenvalue weighted by Crippen LogP contribution is -2.49. The van der Waals surface area contributed by atoms with Crippen molar-refractivity contribution in [3.05, 3.63) is 29.6 Å². The smallest absolute Gasteiger partial charge is 0.123 e. The highest BCUT2D eigenvalue weighted by Gasteiger charge is 2.21. The zero-order valence-corrected chi connectivity index (χ0v) is 12.8. The standard InChI is InChI=1S/C16H26FN3/c1-12(2)19-6-8-20(9-7-19)16-5-4-15(17)11-14(16)10-13(3)18/h4-5,11-13H,6-10,18H2,1-3H3. The fraction of sp³-hybridized carbons (Fsp3) is 0.625. The molecule has 3 nitrogen and oxygen atoms in total. The van der Waals surface area contributed by atoms with E-state index < -0.39 is 0 Å². The van der Waals surface area contributed by atoms with Crippen LogP contribution in [0.3, 0.4) is 0 Å². The fourth-order valence-electron chi connectivity index (χ4n) is 2.85. The third-order valence-corrected chi connectivity index (χ3v) is 3.97. The lowest BCUT2D eigenvalue weighted by molar-refractivity contribution is 0.209. The van der Waals surface area contributed by atoms with Crippen LogP contribution in [0.4, 0.5) is 10.1 Å². The van der Waals surface area contributed by atoms with Gasteiger partial charge in [-0.2, -0.15) is 0 Å². The number of rotatable bonds is 4. The molecule has 0 bridgehead atoms. The molecule has 2 rings (SSSR count). The zero-order valence-electron chi connectivity index (χ0n) is 12.8. The van der Waals surface area contributed by atoms with Crippen molar-refractivity contribution in [2.45, 2.75) is 39.3 Å². The lowest BCUT2D eigenvalue weighted by atomic mass is 10.0. The van der Waals surface area contributed by atoms with Crippen LogP contribution in [0, 0.1) is 5.82 Å². The van der Waals surface area contributed by atoms with Crippen LogP contribution in [0.15, 0.2) is 18.2 Å². The minimum absolute atomic E-state index is 0.0486. The predicted octanol–water partition coefficient (Wildman–Crippen LogP) is 2.25. The lowest BCUT2D eigenvalue weighted by Gasteiger charge is -2.39. The van der Waals surface area contributed by atoms with E-state index in [1.807, 2.05) is 13.0 Å². The predicted molar refractivity (Wildman–Crippen MR) is 82.7 cm³/mol. The van der Waals surface area contributed by atoms with Crippen molar-refractivity contribution in [2.24, 2.45) is 5.73 Å². The summed E-state index contributed by atoms with van der Waals surface area (Å²) < 4.78 is 13.5. The first-order valence-corrected chi connectivity index (χ1v) is 7.50. The van der Waals surface area contributed by atoms with E-state index >= 15 is 0 Å². The molecular weight excluding hydrogens is 253 g/mol. The first-order valence-electron chi connectivity index (χ1n) is 7.50. The van der Waals surface area contributed by atoms with Crippen LogP contribution >= 0.6 is 0 Å². The van der Waals surface area contributed by atoms with Crippen LogP contribution in [0.25, 0.3) is 0 Å². The molecule has 1 aromatic rings. The molecule has 2 N–H and O–H groups in total. The summed E-state index contributed by atoms with van der Waals surface area (Å²) in [6.45, 7) is 10.5. The summed E-state index contributed by atoms with van der Waals surface area (Å²) in [7, 11) is 0. The highest BCUT2D eigenvalue weighted by molar-refractivity contribution is 5.54. The Bertz CT molecular complexity index is 437. The van der Waals surface area contributed by atoms with E-state index in [9.17, 15) is 4.39 Å². The molecule has 1 saturated heterocycles. The molecule has 0 aromatic heterocycles. The number of nitrogens with two attached hydrogens (primary N) is 1. The van der Waals surface area contributed by atoms with Gasteiger partial charge in [0.15, 0.2) is 0 Å². The van der Waals surface area contributed by atoms with E-state index in [-0.39, 0.29) is 11.9 Å². The summed E-state index contributed by atoms with van der Waals surface area (Å²) in [5.41, 5.74) is 8.06. The van der Waals surface area contributed by atoms with Gasteiger partial charge in [0.1, 0.15) is 5.82 Å². The second-order valence-corrected chi connectivity index (χ2v) is 6.07. The number of hydrogen-bond donors (Lipinski definition) is 1. The molecule has 1 aliphatic rings. The van der Waals surface area contributed by atoms with Crippen LogP contribution in [0.1, 0.15) is 26.3 Å². The molecule has 20 heavy (non-hydrogen) atoms. The van der Waals surface area contributed by atoms with E-state index in [2.05, 4.69) is 23.6 Å². The van der Waals surface area contributed by atoms with Crippen LogP contribution in [-0.2, 0) is 6.42 Å². The molecule has 4 heteroatoms. The highest BCUT2D eigenvalue weighted by atomic mass is 19.1. The van der Waals surface area contributed by atoms with Gasteiger partial charge < -0.3 is 10.6 Å². The minimum atomic E-state index is -0.176. The van der Waals surface area contributed by atoms with Crippen molar-refractivity contribution in [2.75, 3.05) is 31.1 Å². The number of hydrogen-bond acceptors (Lipinski definition) is 3.